The number of ether oxygens (including phenoxy) is 1. The number of aliphatic imine (C=N–C) groups is 1. The number of nitrogens with zero attached hydrogens (tertiary/aromatic N) is 1. The molecule has 5 nitrogen and oxygen atoms in total. The van der Waals surface area contributed by atoms with Crippen LogP contribution in [0, 0.1) is 0 Å². The first-order valence-electron chi connectivity index (χ1n) is 7.18. The molecule has 24 heavy (non-hydrogen) atoms. The number of benzene rings is 2. The summed E-state index contributed by atoms with van der Waals surface area (Å²) in [6.07, 6.45) is 1.59. The quantitative estimate of drug-likeness (QED) is 0.685. The maximum absolute atomic E-state index is 12.0. The molecule has 0 bridgehead atoms. The van der Waals surface area contributed by atoms with Gasteiger partial charge in [0.1, 0.15) is 0 Å². The van der Waals surface area contributed by atoms with Crippen LogP contribution in [0.1, 0.15) is 18.1 Å². The molecule has 0 fully saturated rings. The van der Waals surface area contributed by atoms with Crippen LogP contribution in [-0.2, 0) is 14.3 Å². The van der Waals surface area contributed by atoms with Gasteiger partial charge in [0.25, 0.3) is 0 Å². The highest BCUT2D eigenvalue weighted by molar-refractivity contribution is 6.32. The SMILES string of the molecule is CC(=O)Nc1ccc(C2=N/C(=C\c3ccccc3Cl)C(=O)O2)cc1. The number of amides is 1. The van der Waals surface area contributed by atoms with Crippen LogP contribution in [0.25, 0.3) is 6.08 Å². The van der Waals surface area contributed by atoms with Gasteiger partial charge in [-0.1, -0.05) is 29.8 Å². The summed E-state index contributed by atoms with van der Waals surface area (Å²) in [5, 5.41) is 3.20. The summed E-state index contributed by atoms with van der Waals surface area (Å²) in [5.74, 6) is -0.471. The number of esters is 1. The number of cyclic esters (lactones) is 1. The fourth-order valence-corrected chi connectivity index (χ4v) is 2.36. The van der Waals surface area contributed by atoms with Crippen LogP contribution >= 0.6 is 11.6 Å². The molecule has 1 aliphatic heterocycles. The van der Waals surface area contributed by atoms with Crippen molar-refractivity contribution in [3.05, 3.63) is 70.4 Å². The highest BCUT2D eigenvalue weighted by Crippen LogP contribution is 2.23. The molecule has 0 atom stereocenters. The molecule has 1 aliphatic rings. The monoisotopic (exact) mass is 340 g/mol. The van der Waals surface area contributed by atoms with Crippen LogP contribution < -0.4 is 5.32 Å². The van der Waals surface area contributed by atoms with Crippen molar-refractivity contribution in [2.45, 2.75) is 6.92 Å². The van der Waals surface area contributed by atoms with Crippen molar-refractivity contribution < 1.29 is 14.3 Å². The van der Waals surface area contributed by atoms with Gasteiger partial charge in [0.15, 0.2) is 5.70 Å². The molecule has 0 saturated heterocycles. The first-order valence-corrected chi connectivity index (χ1v) is 7.56. The minimum absolute atomic E-state index is 0.155. The highest BCUT2D eigenvalue weighted by atomic mass is 35.5. The number of rotatable bonds is 3. The third-order valence-electron chi connectivity index (χ3n) is 3.27. The Morgan fingerprint density at radius 2 is 1.88 bits per heavy atom. The lowest BCUT2D eigenvalue weighted by molar-refractivity contribution is -0.129. The third kappa shape index (κ3) is 3.52. The largest absolute Gasteiger partial charge is 0.402 e. The summed E-state index contributed by atoms with van der Waals surface area (Å²) in [4.78, 5) is 27.2. The summed E-state index contributed by atoms with van der Waals surface area (Å²) in [6, 6.07) is 14.0. The van der Waals surface area contributed by atoms with Gasteiger partial charge in [0.05, 0.1) is 0 Å². The number of carbonyl (C=O) groups is 2. The van der Waals surface area contributed by atoms with E-state index in [0.717, 1.165) is 0 Å². The minimum atomic E-state index is -0.532. The van der Waals surface area contributed by atoms with E-state index in [2.05, 4.69) is 10.3 Å². The highest BCUT2D eigenvalue weighted by Gasteiger charge is 2.24. The van der Waals surface area contributed by atoms with Gasteiger partial charge >= 0.3 is 5.97 Å². The third-order valence-corrected chi connectivity index (χ3v) is 3.61. The Morgan fingerprint density at radius 1 is 1.17 bits per heavy atom. The maximum Gasteiger partial charge on any atom is 0.363 e. The van der Waals surface area contributed by atoms with Crippen molar-refractivity contribution in [3.63, 3.8) is 0 Å². The second-order valence-electron chi connectivity index (χ2n) is 5.12. The van der Waals surface area contributed by atoms with E-state index in [1.807, 2.05) is 12.1 Å². The Morgan fingerprint density at radius 3 is 2.54 bits per heavy atom. The topological polar surface area (TPSA) is 67.8 Å². The molecule has 0 aromatic heterocycles. The van der Waals surface area contributed by atoms with Crippen molar-refractivity contribution in [2.24, 2.45) is 4.99 Å². The summed E-state index contributed by atoms with van der Waals surface area (Å²) in [6.45, 7) is 1.43. The Labute approximate surface area is 143 Å². The molecule has 120 valence electrons. The Bertz CT molecular complexity index is 870. The van der Waals surface area contributed by atoms with Crippen LogP contribution in [0.15, 0.2) is 59.2 Å². The number of carbonyl (C=O) groups excluding carboxylic acids is 2. The molecule has 1 N–H and O–H groups in total. The van der Waals surface area contributed by atoms with E-state index in [-0.39, 0.29) is 17.5 Å². The van der Waals surface area contributed by atoms with Gasteiger partial charge in [0.2, 0.25) is 11.8 Å². The van der Waals surface area contributed by atoms with E-state index in [9.17, 15) is 9.59 Å². The fraction of sp³-hybridized carbons (Fsp3) is 0.0556. The average molecular weight is 341 g/mol. The Balaban J connectivity index is 1.86. The summed E-state index contributed by atoms with van der Waals surface area (Å²) >= 11 is 6.08. The van der Waals surface area contributed by atoms with Crippen LogP contribution in [0.4, 0.5) is 5.69 Å². The summed E-state index contributed by atoms with van der Waals surface area (Å²) in [7, 11) is 0. The molecular weight excluding hydrogens is 328 g/mol. The van der Waals surface area contributed by atoms with Gasteiger partial charge in [-0.2, -0.15) is 0 Å². The lowest BCUT2D eigenvalue weighted by atomic mass is 10.2. The van der Waals surface area contributed by atoms with Crippen molar-refractivity contribution in [1.82, 2.24) is 0 Å². The number of halogens is 1. The van der Waals surface area contributed by atoms with Gasteiger partial charge in [0, 0.05) is 23.2 Å². The van der Waals surface area contributed by atoms with E-state index in [0.29, 0.717) is 21.8 Å². The van der Waals surface area contributed by atoms with Crippen LogP contribution in [0.2, 0.25) is 5.02 Å². The molecule has 0 unspecified atom stereocenters. The zero-order valence-electron chi connectivity index (χ0n) is 12.7. The fourth-order valence-electron chi connectivity index (χ4n) is 2.17. The molecule has 0 aliphatic carbocycles. The van der Waals surface area contributed by atoms with E-state index in [1.54, 1.807) is 42.5 Å². The standard InChI is InChI=1S/C18H13ClN2O3/c1-11(22)20-14-8-6-12(7-9-14)17-21-16(18(23)24-17)10-13-4-2-3-5-15(13)19/h2-10H,1H3,(H,20,22)/b16-10-. The van der Waals surface area contributed by atoms with E-state index < -0.39 is 5.97 Å². The molecule has 0 radical (unpaired) electrons. The normalized spacial score (nSPS) is 15.2. The number of hydrogen-bond donors (Lipinski definition) is 1. The smallest absolute Gasteiger partial charge is 0.363 e. The van der Waals surface area contributed by atoms with Crippen LogP contribution in [0.3, 0.4) is 0 Å². The minimum Gasteiger partial charge on any atom is -0.402 e. The predicted molar refractivity (Wildman–Crippen MR) is 92.8 cm³/mol. The van der Waals surface area contributed by atoms with Gasteiger partial charge in [-0.25, -0.2) is 9.79 Å². The predicted octanol–water partition coefficient (Wildman–Crippen LogP) is 3.64. The zero-order valence-corrected chi connectivity index (χ0v) is 13.5. The molecule has 1 heterocycles. The summed E-state index contributed by atoms with van der Waals surface area (Å²) in [5.41, 5.74) is 2.17. The lowest BCUT2D eigenvalue weighted by Gasteiger charge is -2.03. The average Bonchev–Trinajstić information content (AvgIpc) is 2.91. The van der Waals surface area contributed by atoms with Crippen molar-refractivity contribution in [1.29, 1.82) is 0 Å². The van der Waals surface area contributed by atoms with Crippen molar-refractivity contribution in [2.75, 3.05) is 5.32 Å². The number of anilines is 1. The van der Waals surface area contributed by atoms with Gasteiger partial charge in [-0.05, 0) is 42.0 Å². The van der Waals surface area contributed by atoms with Gasteiger partial charge < -0.3 is 10.1 Å². The first-order chi connectivity index (χ1) is 11.5. The molecule has 0 spiro atoms. The molecule has 2 aromatic rings. The number of nitrogens with one attached hydrogen (secondary N) is 1. The molecule has 1 amide bonds. The molecule has 6 heteroatoms. The second-order valence-corrected chi connectivity index (χ2v) is 5.52. The molecule has 3 rings (SSSR count). The van der Waals surface area contributed by atoms with Crippen molar-refractivity contribution in [3.8, 4) is 0 Å². The van der Waals surface area contributed by atoms with E-state index in [1.165, 1.54) is 6.92 Å². The maximum atomic E-state index is 12.0. The van der Waals surface area contributed by atoms with Gasteiger partial charge in [-0.3, -0.25) is 4.79 Å². The number of hydrogen-bond acceptors (Lipinski definition) is 4. The first kappa shape index (κ1) is 16.0. The van der Waals surface area contributed by atoms with Crippen LogP contribution in [-0.4, -0.2) is 17.8 Å². The Kier molecular flexibility index (Phi) is 4.44. The molecule has 0 saturated carbocycles. The van der Waals surface area contributed by atoms with Crippen molar-refractivity contribution >= 4 is 41.1 Å². The van der Waals surface area contributed by atoms with E-state index >= 15 is 0 Å². The van der Waals surface area contributed by atoms with Crippen LogP contribution in [0.5, 0.6) is 0 Å². The lowest BCUT2D eigenvalue weighted by Crippen LogP contribution is -2.07. The van der Waals surface area contributed by atoms with Gasteiger partial charge in [-0.15, -0.1) is 0 Å². The summed E-state index contributed by atoms with van der Waals surface area (Å²) < 4.78 is 5.21. The Hall–Kier alpha value is -2.92. The molecular formula is C18H13ClN2O3. The zero-order chi connectivity index (χ0) is 17.1. The molecule has 2 aromatic carbocycles. The second kappa shape index (κ2) is 6.68. The van der Waals surface area contributed by atoms with E-state index in [4.69, 9.17) is 16.3 Å².